The molecule has 13 heavy (non-hydrogen) atoms. The summed E-state index contributed by atoms with van der Waals surface area (Å²) in [5, 5.41) is 2.54. The minimum Gasteiger partial charge on any atom is -0.397 e. The van der Waals surface area contributed by atoms with Gasteiger partial charge >= 0.3 is 0 Å². The quantitative estimate of drug-likeness (QED) is 0.694. The first-order valence-corrected chi connectivity index (χ1v) is 5.18. The van der Waals surface area contributed by atoms with Crippen LogP contribution < -0.4 is 10.6 Å². The number of nitrogen functional groups attached to an aromatic ring is 1. The van der Waals surface area contributed by atoms with Crippen molar-refractivity contribution >= 4 is 23.1 Å². The van der Waals surface area contributed by atoms with Crippen molar-refractivity contribution < 1.29 is 0 Å². The molecule has 0 saturated heterocycles. The van der Waals surface area contributed by atoms with Crippen molar-refractivity contribution in [3.63, 3.8) is 0 Å². The van der Waals surface area contributed by atoms with Gasteiger partial charge in [0.15, 0.2) is 0 Å². The Morgan fingerprint density at radius 1 is 1.38 bits per heavy atom. The maximum absolute atomic E-state index is 5.88. The van der Waals surface area contributed by atoms with Crippen LogP contribution in [0.5, 0.6) is 0 Å². The smallest absolute Gasteiger partial charge is 0.0807 e. The normalized spacial score (nSPS) is 21.0. The first-order chi connectivity index (χ1) is 6.29. The van der Waals surface area contributed by atoms with E-state index in [9.17, 15) is 0 Å². The molecular weight excluding hydrogens is 180 g/mol. The lowest BCUT2D eigenvalue weighted by molar-refractivity contribution is 0.971. The summed E-state index contributed by atoms with van der Waals surface area (Å²) in [4.78, 5) is 2.18. The van der Waals surface area contributed by atoms with E-state index in [4.69, 9.17) is 5.73 Å². The Labute approximate surface area is 82.4 Å². The van der Waals surface area contributed by atoms with Gasteiger partial charge in [-0.1, -0.05) is 12.1 Å². The Morgan fingerprint density at radius 2 is 2.15 bits per heavy atom. The monoisotopic (exact) mass is 192 g/mol. The molecule has 1 heterocycles. The van der Waals surface area contributed by atoms with Gasteiger partial charge in [0.1, 0.15) is 0 Å². The molecular formula is C10H12N2S. The molecule has 0 bridgehead atoms. The molecule has 3 heteroatoms. The maximum atomic E-state index is 5.88. The van der Waals surface area contributed by atoms with Crippen LogP contribution >= 0.6 is 11.8 Å². The zero-order valence-electron chi connectivity index (χ0n) is 7.47. The molecule has 1 aromatic rings. The average molecular weight is 192 g/mol. The summed E-state index contributed by atoms with van der Waals surface area (Å²) in [5.74, 6) is 0. The van der Waals surface area contributed by atoms with Crippen molar-refractivity contribution in [2.45, 2.75) is 12.3 Å². The summed E-state index contributed by atoms with van der Waals surface area (Å²) in [6, 6.07) is 7.94. The Kier molecular flexibility index (Phi) is 2.19. The van der Waals surface area contributed by atoms with Crippen molar-refractivity contribution in [2.24, 2.45) is 0 Å². The highest BCUT2D eigenvalue weighted by atomic mass is 32.2. The number of para-hydroxylation sites is 2. The van der Waals surface area contributed by atoms with Crippen molar-refractivity contribution in [3.8, 4) is 0 Å². The lowest BCUT2D eigenvalue weighted by atomic mass is 10.2. The molecule has 1 atom stereocenters. The molecule has 0 fully saturated rings. The molecule has 0 aromatic heterocycles. The molecule has 0 radical (unpaired) electrons. The highest BCUT2D eigenvalue weighted by Gasteiger charge is 2.17. The van der Waals surface area contributed by atoms with E-state index in [0.717, 1.165) is 11.4 Å². The number of nitrogens with two attached hydrogens (primary N) is 1. The van der Waals surface area contributed by atoms with Crippen molar-refractivity contribution in [3.05, 3.63) is 35.9 Å². The lowest BCUT2D eigenvalue weighted by Gasteiger charge is -2.22. The van der Waals surface area contributed by atoms with Gasteiger partial charge in [0.25, 0.3) is 0 Å². The van der Waals surface area contributed by atoms with Crippen LogP contribution in [0.4, 0.5) is 11.4 Å². The Balaban J connectivity index is 2.35. The van der Waals surface area contributed by atoms with E-state index in [1.807, 2.05) is 24.3 Å². The molecule has 1 aliphatic rings. The minimum atomic E-state index is 0.449. The number of hydrogen-bond acceptors (Lipinski definition) is 3. The fraction of sp³-hybridized carbons (Fsp3) is 0.200. The van der Waals surface area contributed by atoms with E-state index in [1.165, 1.54) is 0 Å². The van der Waals surface area contributed by atoms with Gasteiger partial charge in [-0.15, -0.1) is 11.8 Å². The van der Waals surface area contributed by atoms with Crippen LogP contribution in [0.1, 0.15) is 6.92 Å². The fourth-order valence-corrected chi connectivity index (χ4v) is 2.14. The molecule has 0 spiro atoms. The van der Waals surface area contributed by atoms with Gasteiger partial charge in [0.05, 0.1) is 16.7 Å². The Bertz CT molecular complexity index is 335. The second kappa shape index (κ2) is 3.34. The number of hydrogen-bond donors (Lipinski definition) is 1. The fourth-order valence-electron chi connectivity index (χ4n) is 1.40. The van der Waals surface area contributed by atoms with Crippen LogP contribution in [0.2, 0.25) is 0 Å². The van der Waals surface area contributed by atoms with Gasteiger partial charge in [-0.25, -0.2) is 0 Å². The number of nitrogens with zero attached hydrogens (tertiary/aromatic N) is 1. The maximum Gasteiger partial charge on any atom is 0.0807 e. The standard InChI is InChI=1S/C10H12N2S/c1-8-12(6-7-13-8)10-5-3-2-4-9(10)11/h2-8H,11H2,1H3. The molecule has 0 aliphatic carbocycles. The summed E-state index contributed by atoms with van der Waals surface area (Å²) in [6.45, 7) is 2.16. The number of thioether (sulfide) groups is 1. The van der Waals surface area contributed by atoms with Gasteiger partial charge in [-0.05, 0) is 24.5 Å². The van der Waals surface area contributed by atoms with Gasteiger partial charge in [0.2, 0.25) is 0 Å². The third-order valence-electron chi connectivity index (χ3n) is 2.10. The third-order valence-corrected chi connectivity index (χ3v) is 3.00. The van der Waals surface area contributed by atoms with Crippen LogP contribution in [-0.4, -0.2) is 5.37 Å². The van der Waals surface area contributed by atoms with E-state index in [0.29, 0.717) is 5.37 Å². The summed E-state index contributed by atoms with van der Waals surface area (Å²) in [5.41, 5.74) is 7.81. The predicted octanol–water partition coefficient (Wildman–Crippen LogP) is 2.64. The van der Waals surface area contributed by atoms with E-state index in [-0.39, 0.29) is 0 Å². The number of rotatable bonds is 1. The molecule has 1 aliphatic heterocycles. The minimum absolute atomic E-state index is 0.449. The Hall–Kier alpha value is -1.09. The second-order valence-electron chi connectivity index (χ2n) is 2.99. The van der Waals surface area contributed by atoms with Crippen LogP contribution in [0.25, 0.3) is 0 Å². The first kappa shape index (κ1) is 8.51. The van der Waals surface area contributed by atoms with Crippen LogP contribution in [-0.2, 0) is 0 Å². The van der Waals surface area contributed by atoms with Crippen LogP contribution in [0.3, 0.4) is 0 Å². The molecule has 0 amide bonds. The molecule has 2 N–H and O–H groups in total. The Morgan fingerprint density at radius 3 is 2.77 bits per heavy atom. The molecule has 0 saturated carbocycles. The molecule has 1 unspecified atom stereocenters. The topological polar surface area (TPSA) is 29.3 Å². The molecule has 2 rings (SSSR count). The van der Waals surface area contributed by atoms with Crippen LogP contribution in [0.15, 0.2) is 35.9 Å². The highest BCUT2D eigenvalue weighted by molar-refractivity contribution is 8.03. The van der Waals surface area contributed by atoms with Gasteiger partial charge < -0.3 is 10.6 Å². The zero-order valence-corrected chi connectivity index (χ0v) is 8.29. The van der Waals surface area contributed by atoms with Crippen molar-refractivity contribution in [2.75, 3.05) is 10.6 Å². The first-order valence-electron chi connectivity index (χ1n) is 4.24. The van der Waals surface area contributed by atoms with E-state index >= 15 is 0 Å². The van der Waals surface area contributed by atoms with Crippen molar-refractivity contribution in [1.82, 2.24) is 0 Å². The second-order valence-corrected chi connectivity index (χ2v) is 4.21. The predicted molar refractivity (Wildman–Crippen MR) is 59.5 cm³/mol. The van der Waals surface area contributed by atoms with Gasteiger partial charge in [-0.2, -0.15) is 0 Å². The van der Waals surface area contributed by atoms with Crippen molar-refractivity contribution in [1.29, 1.82) is 0 Å². The largest absolute Gasteiger partial charge is 0.397 e. The molecule has 2 nitrogen and oxygen atoms in total. The van der Waals surface area contributed by atoms with E-state index in [1.54, 1.807) is 11.8 Å². The van der Waals surface area contributed by atoms with Gasteiger partial charge in [-0.3, -0.25) is 0 Å². The number of benzene rings is 1. The molecule has 1 aromatic carbocycles. The zero-order chi connectivity index (χ0) is 9.26. The number of anilines is 2. The summed E-state index contributed by atoms with van der Waals surface area (Å²) >= 11 is 1.80. The van der Waals surface area contributed by atoms with E-state index < -0.39 is 0 Å². The highest BCUT2D eigenvalue weighted by Crippen LogP contribution is 2.33. The third kappa shape index (κ3) is 1.52. The average Bonchev–Trinajstić information content (AvgIpc) is 2.52. The van der Waals surface area contributed by atoms with Gasteiger partial charge in [0, 0.05) is 6.20 Å². The van der Waals surface area contributed by atoms with Crippen LogP contribution in [0, 0.1) is 0 Å². The summed E-state index contributed by atoms with van der Waals surface area (Å²) < 4.78 is 0. The molecule has 68 valence electrons. The summed E-state index contributed by atoms with van der Waals surface area (Å²) in [7, 11) is 0. The van der Waals surface area contributed by atoms with E-state index in [2.05, 4.69) is 23.4 Å². The summed E-state index contributed by atoms with van der Waals surface area (Å²) in [6.07, 6.45) is 2.07. The lowest BCUT2D eigenvalue weighted by Crippen LogP contribution is -2.21. The SMILES string of the molecule is CC1SC=CN1c1ccccc1N.